The van der Waals surface area contributed by atoms with Gasteiger partial charge in [0.05, 0.1) is 6.61 Å². The maximum absolute atomic E-state index is 12.4. The summed E-state index contributed by atoms with van der Waals surface area (Å²) in [5, 5.41) is 9.72. The summed E-state index contributed by atoms with van der Waals surface area (Å²) < 4.78 is 10.8. The van der Waals surface area contributed by atoms with Crippen molar-refractivity contribution in [3.63, 3.8) is 0 Å². The van der Waals surface area contributed by atoms with Crippen molar-refractivity contribution >= 4 is 11.9 Å². The average molecular weight is 1170 g/mol. The van der Waals surface area contributed by atoms with Crippen LogP contribution >= 0.6 is 0 Å². The van der Waals surface area contributed by atoms with Crippen LogP contribution in [0.25, 0.3) is 0 Å². The Bertz CT molecular complexity index is 1470. The minimum atomic E-state index is -0.773. The first-order chi connectivity index (χ1) is 41.6. The summed E-state index contributed by atoms with van der Waals surface area (Å²) in [6.07, 6.45) is 104. The Morgan fingerprint density at radius 2 is 0.476 bits per heavy atom. The van der Waals surface area contributed by atoms with Crippen LogP contribution in [0.3, 0.4) is 0 Å². The van der Waals surface area contributed by atoms with Crippen molar-refractivity contribution in [2.24, 2.45) is 0 Å². The molecule has 0 aromatic rings. The molecule has 84 heavy (non-hydrogen) atoms. The molecule has 5 nitrogen and oxygen atoms in total. The Kier molecular flexibility index (Phi) is 72.2. The number of hydrogen-bond donors (Lipinski definition) is 1. The van der Waals surface area contributed by atoms with E-state index in [0.717, 1.165) is 64.2 Å². The van der Waals surface area contributed by atoms with Gasteiger partial charge in [-0.25, -0.2) is 0 Å². The summed E-state index contributed by atoms with van der Waals surface area (Å²) >= 11 is 0. The molecular formula is C79H144O5. The van der Waals surface area contributed by atoms with Crippen molar-refractivity contribution in [2.45, 2.75) is 405 Å². The van der Waals surface area contributed by atoms with E-state index in [4.69, 9.17) is 9.47 Å². The molecule has 0 rings (SSSR count). The van der Waals surface area contributed by atoms with Gasteiger partial charge < -0.3 is 14.6 Å². The van der Waals surface area contributed by atoms with Crippen LogP contribution in [-0.4, -0.2) is 36.4 Å². The molecule has 1 unspecified atom stereocenters. The van der Waals surface area contributed by atoms with E-state index < -0.39 is 6.10 Å². The molecule has 0 radical (unpaired) electrons. The van der Waals surface area contributed by atoms with Crippen molar-refractivity contribution in [2.75, 3.05) is 13.2 Å². The maximum Gasteiger partial charge on any atom is 0.306 e. The Balaban J connectivity index is 3.40. The first-order valence-corrected chi connectivity index (χ1v) is 37.5. The van der Waals surface area contributed by atoms with E-state index in [9.17, 15) is 14.7 Å². The monoisotopic (exact) mass is 1170 g/mol. The Hall–Kier alpha value is -2.66. The molecule has 0 heterocycles. The molecule has 0 spiro atoms. The lowest BCUT2D eigenvalue weighted by molar-refractivity contribution is -0.161. The van der Waals surface area contributed by atoms with Gasteiger partial charge in [-0.2, -0.15) is 0 Å². The number of unbranched alkanes of at least 4 members (excludes halogenated alkanes) is 50. The Labute approximate surface area is 524 Å². The second-order valence-electron chi connectivity index (χ2n) is 25.4. The number of aliphatic hydroxyl groups is 1. The number of rotatable bonds is 70. The van der Waals surface area contributed by atoms with E-state index in [1.807, 2.05) is 0 Å². The summed E-state index contributed by atoms with van der Waals surface area (Å²) in [4.78, 5) is 24.7. The molecule has 1 N–H and O–H groups in total. The molecule has 0 aliphatic carbocycles. The van der Waals surface area contributed by atoms with E-state index in [1.54, 1.807) is 0 Å². The minimum Gasteiger partial charge on any atom is -0.462 e. The number of aliphatic hydroxyl groups excluding tert-OH is 1. The number of ether oxygens (including phenoxy) is 2. The molecule has 0 bridgehead atoms. The summed E-state index contributed by atoms with van der Waals surface area (Å²) in [6.45, 7) is 4.17. The van der Waals surface area contributed by atoms with E-state index in [-0.39, 0.29) is 25.2 Å². The summed E-state index contributed by atoms with van der Waals surface area (Å²) in [5.74, 6) is -0.571. The second kappa shape index (κ2) is 74.6. The highest BCUT2D eigenvalue weighted by atomic mass is 16.6. The standard InChI is InChI=1S/C79H144O5/c1-3-5-7-9-11-13-15-17-19-21-23-25-27-29-31-33-35-36-37-38-39-40-41-42-44-46-48-50-52-54-56-58-60-62-64-66-68-70-72-74-79(82)84-77(75-80)76-83-78(81)73-71-69-67-65-63-61-59-57-55-53-51-49-47-45-43-34-32-30-28-26-24-22-20-18-16-14-12-10-8-6-4-2/h15-18,21-24,27-30,77,80H,3-14,19-20,25-26,31-76H2,1-2H3/b17-15-,18-16-,23-21-,24-22-,29-27-,30-28-. The third-order valence-corrected chi connectivity index (χ3v) is 17.0. The van der Waals surface area contributed by atoms with Gasteiger partial charge in [-0.3, -0.25) is 9.59 Å². The van der Waals surface area contributed by atoms with Crippen LogP contribution in [0.15, 0.2) is 72.9 Å². The molecule has 0 aromatic heterocycles. The topological polar surface area (TPSA) is 72.8 Å². The number of hydrogen-bond acceptors (Lipinski definition) is 5. The van der Waals surface area contributed by atoms with Crippen LogP contribution in [0.1, 0.15) is 399 Å². The third-order valence-electron chi connectivity index (χ3n) is 17.0. The molecule has 5 heteroatoms. The lowest BCUT2D eigenvalue weighted by atomic mass is 10.0. The van der Waals surface area contributed by atoms with Crippen molar-refractivity contribution in [1.82, 2.24) is 0 Å². The number of carbonyl (C=O) groups excluding carboxylic acids is 2. The zero-order valence-electron chi connectivity index (χ0n) is 56.4. The van der Waals surface area contributed by atoms with Crippen molar-refractivity contribution in [3.8, 4) is 0 Å². The fourth-order valence-electron chi connectivity index (χ4n) is 11.3. The molecule has 0 saturated heterocycles. The van der Waals surface area contributed by atoms with Crippen molar-refractivity contribution < 1.29 is 24.2 Å². The fraction of sp³-hybridized carbons (Fsp3) is 0.823. The van der Waals surface area contributed by atoms with Crippen LogP contribution < -0.4 is 0 Å². The van der Waals surface area contributed by atoms with Crippen LogP contribution in [0.5, 0.6) is 0 Å². The van der Waals surface area contributed by atoms with Gasteiger partial charge >= 0.3 is 11.9 Å². The smallest absolute Gasteiger partial charge is 0.306 e. The van der Waals surface area contributed by atoms with Crippen molar-refractivity contribution in [3.05, 3.63) is 72.9 Å². The molecule has 0 amide bonds. The van der Waals surface area contributed by atoms with E-state index in [2.05, 4.69) is 86.8 Å². The SMILES string of the molecule is CCCCCCC/C=C\C/C=C\C/C=C\CCCCCCCCCCCCCCCCCCCCCCCCCCC(=O)OC(CO)COC(=O)CCCCCCCCCCCCCCCCCC/C=C\C/C=C\C/C=C\CCCCCCC. The Morgan fingerprint density at radius 1 is 0.274 bits per heavy atom. The van der Waals surface area contributed by atoms with Crippen LogP contribution in [0.4, 0.5) is 0 Å². The third kappa shape index (κ3) is 71.8. The highest BCUT2D eigenvalue weighted by molar-refractivity contribution is 5.70. The lowest BCUT2D eigenvalue weighted by Crippen LogP contribution is -2.28. The van der Waals surface area contributed by atoms with Gasteiger partial charge in [0.25, 0.3) is 0 Å². The van der Waals surface area contributed by atoms with Gasteiger partial charge in [-0.1, -0.05) is 369 Å². The fourth-order valence-corrected chi connectivity index (χ4v) is 11.3. The van der Waals surface area contributed by atoms with E-state index in [0.29, 0.717) is 12.8 Å². The second-order valence-corrected chi connectivity index (χ2v) is 25.4. The lowest BCUT2D eigenvalue weighted by Gasteiger charge is -2.15. The molecule has 490 valence electrons. The van der Waals surface area contributed by atoms with Gasteiger partial charge in [0.2, 0.25) is 0 Å². The quantitative estimate of drug-likeness (QED) is 0.0373. The van der Waals surface area contributed by atoms with E-state index in [1.165, 1.54) is 308 Å². The predicted octanol–water partition coefficient (Wildman–Crippen LogP) is 26.2. The Morgan fingerprint density at radius 3 is 0.714 bits per heavy atom. The summed E-state index contributed by atoms with van der Waals surface area (Å²) in [7, 11) is 0. The zero-order valence-corrected chi connectivity index (χ0v) is 56.4. The molecule has 0 aliphatic rings. The van der Waals surface area contributed by atoms with Crippen molar-refractivity contribution in [1.29, 1.82) is 0 Å². The summed E-state index contributed by atoms with van der Waals surface area (Å²) in [5.41, 5.74) is 0. The molecule has 1 atom stereocenters. The van der Waals surface area contributed by atoms with Crippen LogP contribution in [0, 0.1) is 0 Å². The first kappa shape index (κ1) is 81.3. The first-order valence-electron chi connectivity index (χ1n) is 37.5. The number of esters is 2. The molecule has 0 aliphatic heterocycles. The normalized spacial score (nSPS) is 12.6. The molecule has 0 saturated carbocycles. The van der Waals surface area contributed by atoms with Gasteiger partial charge in [0.15, 0.2) is 6.10 Å². The molecular weight excluding hydrogens is 1030 g/mol. The maximum atomic E-state index is 12.4. The largest absolute Gasteiger partial charge is 0.462 e. The highest BCUT2D eigenvalue weighted by Gasteiger charge is 2.16. The van der Waals surface area contributed by atoms with E-state index >= 15 is 0 Å². The van der Waals surface area contributed by atoms with Gasteiger partial charge in [0, 0.05) is 12.8 Å². The van der Waals surface area contributed by atoms with Gasteiger partial charge in [-0.05, 0) is 89.9 Å². The minimum absolute atomic E-state index is 0.0624. The average Bonchev–Trinajstić information content (AvgIpc) is 3.51. The number of carbonyl (C=O) groups is 2. The highest BCUT2D eigenvalue weighted by Crippen LogP contribution is 2.19. The number of allylic oxidation sites excluding steroid dienone is 12. The molecule has 0 fully saturated rings. The summed E-state index contributed by atoms with van der Waals surface area (Å²) in [6, 6.07) is 0. The van der Waals surface area contributed by atoms with Gasteiger partial charge in [0.1, 0.15) is 6.61 Å². The predicted molar refractivity (Wildman–Crippen MR) is 371 cm³/mol. The van der Waals surface area contributed by atoms with Gasteiger partial charge in [-0.15, -0.1) is 0 Å². The zero-order chi connectivity index (χ0) is 60.5. The van der Waals surface area contributed by atoms with Crippen LogP contribution in [-0.2, 0) is 19.1 Å². The molecule has 0 aromatic carbocycles. The van der Waals surface area contributed by atoms with Crippen LogP contribution in [0.2, 0.25) is 0 Å².